The van der Waals surface area contributed by atoms with E-state index in [1.165, 1.54) is 5.56 Å². The first kappa shape index (κ1) is 13.9. The fraction of sp³-hybridized carbons (Fsp3) is 0.533. The van der Waals surface area contributed by atoms with Gasteiger partial charge in [-0.15, -0.1) is 0 Å². The van der Waals surface area contributed by atoms with Crippen LogP contribution in [0, 0.1) is 26.7 Å². The summed E-state index contributed by atoms with van der Waals surface area (Å²) >= 11 is 0. The molecule has 1 rings (SSSR count). The number of hydrogen-bond acceptors (Lipinski definition) is 2. The third-order valence-electron chi connectivity index (χ3n) is 3.17. The Morgan fingerprint density at radius 1 is 1.12 bits per heavy atom. The Bertz CT molecular complexity index is 421. The number of carbonyl (C=O) groups excluding carboxylic acids is 1. The van der Waals surface area contributed by atoms with Gasteiger partial charge in [0, 0.05) is 5.56 Å². The van der Waals surface area contributed by atoms with Crippen LogP contribution in [0.1, 0.15) is 47.3 Å². The molecule has 0 aromatic heterocycles. The highest BCUT2D eigenvalue weighted by Crippen LogP contribution is 2.18. The third kappa shape index (κ3) is 3.40. The summed E-state index contributed by atoms with van der Waals surface area (Å²) in [5, 5.41) is 0. The van der Waals surface area contributed by atoms with E-state index in [1.807, 2.05) is 19.9 Å². The minimum absolute atomic E-state index is 0.0688. The van der Waals surface area contributed by atoms with Crippen molar-refractivity contribution in [1.82, 2.24) is 0 Å². The van der Waals surface area contributed by atoms with Gasteiger partial charge in [0.25, 0.3) is 0 Å². The predicted octanol–water partition coefficient (Wildman–Crippen LogP) is 3.17. The van der Waals surface area contributed by atoms with Crippen LogP contribution in [0.25, 0.3) is 0 Å². The summed E-state index contributed by atoms with van der Waals surface area (Å²) in [5.74, 6) is 0.514. The Morgan fingerprint density at radius 3 is 2.18 bits per heavy atom. The normalized spacial score (nSPS) is 12.9. The topological polar surface area (TPSA) is 43.1 Å². The van der Waals surface area contributed by atoms with Crippen molar-refractivity contribution in [2.24, 2.45) is 11.7 Å². The van der Waals surface area contributed by atoms with Crippen molar-refractivity contribution in [2.45, 2.75) is 47.1 Å². The van der Waals surface area contributed by atoms with E-state index in [1.54, 1.807) is 0 Å². The van der Waals surface area contributed by atoms with Crippen LogP contribution in [-0.2, 0) is 0 Å². The Morgan fingerprint density at radius 2 is 1.65 bits per heavy atom. The molecule has 0 spiro atoms. The summed E-state index contributed by atoms with van der Waals surface area (Å²) in [7, 11) is 0. The van der Waals surface area contributed by atoms with Crippen molar-refractivity contribution >= 4 is 5.78 Å². The van der Waals surface area contributed by atoms with Gasteiger partial charge in [0.1, 0.15) is 0 Å². The van der Waals surface area contributed by atoms with E-state index in [2.05, 4.69) is 26.8 Å². The maximum absolute atomic E-state index is 12.2. The van der Waals surface area contributed by atoms with Crippen molar-refractivity contribution in [3.63, 3.8) is 0 Å². The molecule has 1 atom stereocenters. The Labute approximate surface area is 104 Å². The maximum Gasteiger partial charge on any atom is 0.179 e. The summed E-state index contributed by atoms with van der Waals surface area (Å²) in [6.45, 7) is 10.2. The van der Waals surface area contributed by atoms with E-state index >= 15 is 0 Å². The average molecular weight is 233 g/mol. The van der Waals surface area contributed by atoms with E-state index in [-0.39, 0.29) is 11.8 Å². The van der Waals surface area contributed by atoms with Gasteiger partial charge >= 0.3 is 0 Å². The monoisotopic (exact) mass is 233 g/mol. The lowest BCUT2D eigenvalue weighted by atomic mass is 9.92. The van der Waals surface area contributed by atoms with Crippen molar-refractivity contribution in [1.29, 1.82) is 0 Å². The molecular weight excluding hydrogens is 210 g/mol. The number of rotatable bonds is 4. The van der Waals surface area contributed by atoms with Crippen molar-refractivity contribution in [3.8, 4) is 0 Å². The molecule has 17 heavy (non-hydrogen) atoms. The predicted molar refractivity (Wildman–Crippen MR) is 72.4 cm³/mol. The summed E-state index contributed by atoms with van der Waals surface area (Å²) in [6.07, 6.45) is 0.741. The fourth-order valence-corrected chi connectivity index (χ4v) is 2.04. The number of carbonyl (C=O) groups is 1. The molecular formula is C15H23NO. The maximum atomic E-state index is 12.2. The van der Waals surface area contributed by atoms with Crippen molar-refractivity contribution in [3.05, 3.63) is 34.4 Å². The lowest BCUT2D eigenvalue weighted by Crippen LogP contribution is -2.32. The molecule has 1 aromatic rings. The van der Waals surface area contributed by atoms with Gasteiger partial charge in [-0.05, 0) is 55.9 Å². The molecule has 1 unspecified atom stereocenters. The van der Waals surface area contributed by atoms with Gasteiger partial charge in [-0.3, -0.25) is 4.79 Å². The van der Waals surface area contributed by atoms with Crippen molar-refractivity contribution in [2.75, 3.05) is 0 Å². The SMILES string of the molecule is Cc1cc(C)c(C(=O)C(N)CC(C)C)cc1C. The third-order valence-corrected chi connectivity index (χ3v) is 3.17. The number of aryl methyl sites for hydroxylation is 3. The average Bonchev–Trinajstić information content (AvgIpc) is 2.21. The van der Waals surface area contributed by atoms with Gasteiger partial charge in [-0.25, -0.2) is 0 Å². The van der Waals surface area contributed by atoms with Crippen molar-refractivity contribution < 1.29 is 4.79 Å². The van der Waals surface area contributed by atoms with E-state index in [9.17, 15) is 4.79 Å². The lowest BCUT2D eigenvalue weighted by molar-refractivity contribution is 0.0950. The van der Waals surface area contributed by atoms with Crippen LogP contribution in [0.3, 0.4) is 0 Å². The van der Waals surface area contributed by atoms with Gasteiger partial charge in [-0.2, -0.15) is 0 Å². The Balaban J connectivity index is 3.00. The number of Topliss-reactive ketones (excluding diaryl/α,β-unsaturated/α-hetero) is 1. The number of nitrogens with two attached hydrogens (primary N) is 1. The molecule has 94 valence electrons. The molecule has 0 saturated heterocycles. The molecule has 0 saturated carbocycles. The molecule has 0 aliphatic rings. The molecule has 2 heteroatoms. The van der Waals surface area contributed by atoms with E-state index < -0.39 is 0 Å². The first-order valence-electron chi connectivity index (χ1n) is 6.20. The fourth-order valence-electron chi connectivity index (χ4n) is 2.04. The Hall–Kier alpha value is -1.15. The lowest BCUT2D eigenvalue weighted by Gasteiger charge is -2.15. The first-order chi connectivity index (χ1) is 7.82. The van der Waals surface area contributed by atoms with Crippen LogP contribution in [0.4, 0.5) is 0 Å². The van der Waals surface area contributed by atoms with E-state index in [4.69, 9.17) is 5.73 Å². The zero-order valence-corrected chi connectivity index (χ0v) is 11.5. The van der Waals surface area contributed by atoms with E-state index in [0.717, 1.165) is 23.1 Å². The van der Waals surface area contributed by atoms with Crippen LogP contribution < -0.4 is 5.73 Å². The highest BCUT2D eigenvalue weighted by Gasteiger charge is 2.19. The standard InChI is InChI=1S/C15H23NO/c1-9(2)6-14(16)15(17)13-8-11(4)10(3)7-12(13)5/h7-9,14H,6,16H2,1-5H3. The highest BCUT2D eigenvalue weighted by molar-refractivity contribution is 6.01. The molecule has 0 heterocycles. The van der Waals surface area contributed by atoms with Crippen LogP contribution in [0.15, 0.2) is 12.1 Å². The second-order valence-corrected chi connectivity index (χ2v) is 5.35. The minimum Gasteiger partial charge on any atom is -0.321 e. The smallest absolute Gasteiger partial charge is 0.179 e. The highest BCUT2D eigenvalue weighted by atomic mass is 16.1. The second kappa shape index (κ2) is 5.46. The van der Waals surface area contributed by atoms with Gasteiger partial charge in [0.05, 0.1) is 6.04 Å². The minimum atomic E-state index is -0.379. The van der Waals surface area contributed by atoms with Crippen LogP contribution in [0.2, 0.25) is 0 Å². The molecule has 2 nitrogen and oxygen atoms in total. The summed E-state index contributed by atoms with van der Waals surface area (Å²) in [4.78, 5) is 12.2. The number of benzene rings is 1. The summed E-state index contributed by atoms with van der Waals surface area (Å²) < 4.78 is 0. The van der Waals surface area contributed by atoms with E-state index in [0.29, 0.717) is 5.92 Å². The van der Waals surface area contributed by atoms with Crippen LogP contribution in [0.5, 0.6) is 0 Å². The summed E-state index contributed by atoms with van der Waals surface area (Å²) in [5.41, 5.74) is 10.1. The molecule has 2 N–H and O–H groups in total. The first-order valence-corrected chi connectivity index (χ1v) is 6.20. The van der Waals surface area contributed by atoms with Gasteiger partial charge in [-0.1, -0.05) is 19.9 Å². The van der Waals surface area contributed by atoms with Crippen LogP contribution in [-0.4, -0.2) is 11.8 Å². The zero-order chi connectivity index (χ0) is 13.2. The van der Waals surface area contributed by atoms with Crippen LogP contribution >= 0.6 is 0 Å². The molecule has 0 aliphatic carbocycles. The molecule has 0 bridgehead atoms. The quantitative estimate of drug-likeness (QED) is 0.812. The van der Waals surface area contributed by atoms with Gasteiger partial charge in [0.15, 0.2) is 5.78 Å². The number of hydrogen-bond donors (Lipinski definition) is 1. The molecule has 0 fully saturated rings. The number of ketones is 1. The summed E-state index contributed by atoms with van der Waals surface area (Å²) in [6, 6.07) is 3.65. The molecule has 0 radical (unpaired) electrons. The van der Waals surface area contributed by atoms with Gasteiger partial charge in [0.2, 0.25) is 0 Å². The molecule has 0 amide bonds. The molecule has 1 aromatic carbocycles. The Kier molecular flexibility index (Phi) is 4.47. The van der Waals surface area contributed by atoms with Gasteiger partial charge < -0.3 is 5.73 Å². The largest absolute Gasteiger partial charge is 0.321 e. The molecule has 0 aliphatic heterocycles. The second-order valence-electron chi connectivity index (χ2n) is 5.35. The zero-order valence-electron chi connectivity index (χ0n) is 11.5.